The van der Waals surface area contributed by atoms with Crippen LogP contribution in [0.1, 0.15) is 31.2 Å². The third-order valence-electron chi connectivity index (χ3n) is 2.58. The van der Waals surface area contributed by atoms with Gasteiger partial charge in [0.25, 0.3) is 11.0 Å². The number of unbranched alkanes of at least 4 members (excludes halogenated alkanes) is 1. The van der Waals surface area contributed by atoms with E-state index >= 15 is 0 Å². The highest BCUT2D eigenvalue weighted by Gasteiger charge is 2.22. The van der Waals surface area contributed by atoms with Crippen LogP contribution in [0.5, 0.6) is 0 Å². The van der Waals surface area contributed by atoms with E-state index in [0.717, 1.165) is 12.8 Å². The van der Waals surface area contributed by atoms with Gasteiger partial charge in [0.1, 0.15) is 5.92 Å². The average molecular weight is 286 g/mol. The van der Waals surface area contributed by atoms with Crippen LogP contribution in [0.15, 0.2) is 30.3 Å². The molecule has 19 heavy (non-hydrogen) atoms. The van der Waals surface area contributed by atoms with Crippen molar-refractivity contribution in [2.45, 2.75) is 25.7 Å². The molecule has 0 radical (unpaired) electrons. The van der Waals surface area contributed by atoms with Crippen LogP contribution >= 0.6 is 0 Å². The van der Waals surface area contributed by atoms with Crippen LogP contribution in [0, 0.1) is 0 Å². The Labute approximate surface area is 114 Å². The molecule has 0 N–H and O–H groups in total. The van der Waals surface area contributed by atoms with E-state index in [9.17, 15) is 13.2 Å². The zero-order valence-corrected chi connectivity index (χ0v) is 11.7. The molecule has 0 bridgehead atoms. The topological polar surface area (TPSA) is 69.7 Å². The molecular formula is C13H18O5S. The first-order valence-corrected chi connectivity index (χ1v) is 7.23. The van der Waals surface area contributed by atoms with E-state index in [4.69, 9.17) is 4.74 Å². The minimum Gasteiger partial charge on any atom is -0.465 e. The van der Waals surface area contributed by atoms with Gasteiger partial charge in [-0.25, -0.2) is 8.42 Å². The Morgan fingerprint density at radius 2 is 1.95 bits per heavy atom. The lowest BCUT2D eigenvalue weighted by Gasteiger charge is -2.14. The molecule has 5 nitrogen and oxygen atoms in total. The molecule has 0 saturated heterocycles. The molecule has 1 aromatic rings. The molecule has 0 heterocycles. The fraction of sp³-hybridized carbons (Fsp3) is 0.462. The molecule has 1 aromatic carbocycles. The number of ether oxygens (including phenoxy) is 1. The van der Waals surface area contributed by atoms with Crippen molar-refractivity contribution < 1.29 is 22.1 Å². The molecule has 0 amide bonds. The predicted octanol–water partition coefficient (Wildman–Crippen LogP) is 1.66. The van der Waals surface area contributed by atoms with E-state index < -0.39 is 22.9 Å². The first-order chi connectivity index (χ1) is 9.15. The number of carbonyl (C=O) groups excluding carboxylic acids is 1. The van der Waals surface area contributed by atoms with Crippen molar-refractivity contribution in [3.8, 4) is 0 Å². The molecule has 1 rings (SSSR count). The quantitative estimate of drug-likeness (QED) is 0.447. The van der Waals surface area contributed by atoms with Gasteiger partial charge in [0.2, 0.25) is 0 Å². The molecule has 106 valence electrons. The minimum atomic E-state index is -2.97. The standard InChI is InChI=1S/C13H18O5S/c1-2-3-9-17-13(14)12(10-18-19(15)16)11-7-5-4-6-8-11/h4-8,12,19H,2-3,9-10H2,1H3. The second-order valence-corrected chi connectivity index (χ2v) is 4.71. The summed E-state index contributed by atoms with van der Waals surface area (Å²) in [7, 11) is -2.97. The summed E-state index contributed by atoms with van der Waals surface area (Å²) in [5, 5.41) is 0. The highest BCUT2D eigenvalue weighted by atomic mass is 32.2. The molecule has 0 spiro atoms. The number of benzene rings is 1. The van der Waals surface area contributed by atoms with E-state index in [1.165, 1.54) is 0 Å². The highest BCUT2D eigenvalue weighted by Crippen LogP contribution is 2.18. The molecule has 6 heteroatoms. The van der Waals surface area contributed by atoms with Gasteiger partial charge in [-0.1, -0.05) is 43.7 Å². The maximum atomic E-state index is 11.9. The van der Waals surface area contributed by atoms with Crippen LogP contribution in [0.25, 0.3) is 0 Å². The van der Waals surface area contributed by atoms with Gasteiger partial charge in [-0.2, -0.15) is 0 Å². The molecular weight excluding hydrogens is 268 g/mol. The predicted molar refractivity (Wildman–Crippen MR) is 71.3 cm³/mol. The number of hydrogen-bond acceptors (Lipinski definition) is 5. The van der Waals surface area contributed by atoms with E-state index in [0.29, 0.717) is 12.2 Å². The lowest BCUT2D eigenvalue weighted by atomic mass is 10.0. The summed E-state index contributed by atoms with van der Waals surface area (Å²) in [5.74, 6) is -1.18. The summed E-state index contributed by atoms with van der Waals surface area (Å²) < 4.78 is 30.6. The van der Waals surface area contributed by atoms with Crippen molar-refractivity contribution in [1.29, 1.82) is 0 Å². The van der Waals surface area contributed by atoms with E-state index in [1.807, 2.05) is 13.0 Å². The second kappa shape index (κ2) is 8.66. The van der Waals surface area contributed by atoms with Gasteiger partial charge in [-0.15, -0.1) is 0 Å². The van der Waals surface area contributed by atoms with Gasteiger partial charge < -0.3 is 4.74 Å². The maximum Gasteiger partial charge on any atom is 0.315 e. The largest absolute Gasteiger partial charge is 0.465 e. The van der Waals surface area contributed by atoms with Crippen LogP contribution in [0.2, 0.25) is 0 Å². The third kappa shape index (κ3) is 5.85. The van der Waals surface area contributed by atoms with Crippen molar-refractivity contribution in [2.24, 2.45) is 0 Å². The molecule has 1 atom stereocenters. The Morgan fingerprint density at radius 3 is 2.53 bits per heavy atom. The minimum absolute atomic E-state index is 0.228. The zero-order valence-electron chi connectivity index (χ0n) is 10.8. The number of esters is 1. The Balaban J connectivity index is 2.71. The van der Waals surface area contributed by atoms with Crippen LogP contribution in [0.4, 0.5) is 0 Å². The summed E-state index contributed by atoms with van der Waals surface area (Å²) in [4.78, 5) is 11.9. The Kier molecular flexibility index (Phi) is 7.14. The molecule has 0 aliphatic rings. The molecule has 1 unspecified atom stereocenters. The van der Waals surface area contributed by atoms with Crippen LogP contribution in [-0.4, -0.2) is 27.6 Å². The molecule has 0 saturated carbocycles. The first kappa shape index (κ1) is 15.7. The Bertz CT molecular complexity index is 447. The summed E-state index contributed by atoms with van der Waals surface area (Å²) >= 11 is 0. The molecule has 0 fully saturated rings. The summed E-state index contributed by atoms with van der Waals surface area (Å²) in [5.41, 5.74) is 0.681. The van der Waals surface area contributed by atoms with Crippen molar-refractivity contribution in [2.75, 3.05) is 13.2 Å². The van der Waals surface area contributed by atoms with Gasteiger partial charge in [-0.3, -0.25) is 8.98 Å². The Hall–Kier alpha value is -1.40. The normalized spacial score (nSPS) is 12.3. The monoisotopic (exact) mass is 286 g/mol. The summed E-state index contributed by atoms with van der Waals surface area (Å²) in [6.45, 7) is 2.10. The number of rotatable bonds is 8. The highest BCUT2D eigenvalue weighted by molar-refractivity contribution is 7.67. The van der Waals surface area contributed by atoms with Crippen molar-refractivity contribution >= 4 is 17.0 Å². The summed E-state index contributed by atoms with van der Waals surface area (Å²) in [6, 6.07) is 8.86. The van der Waals surface area contributed by atoms with Crippen LogP contribution in [0.3, 0.4) is 0 Å². The summed E-state index contributed by atoms with van der Waals surface area (Å²) in [6.07, 6.45) is 1.70. The lowest BCUT2D eigenvalue weighted by Crippen LogP contribution is -2.21. The van der Waals surface area contributed by atoms with E-state index in [-0.39, 0.29) is 6.61 Å². The maximum absolute atomic E-state index is 11.9. The SMILES string of the molecule is CCCCOC(=O)C(CO[SH](=O)=O)c1ccccc1. The molecule has 0 aromatic heterocycles. The van der Waals surface area contributed by atoms with Gasteiger partial charge in [0, 0.05) is 0 Å². The van der Waals surface area contributed by atoms with Gasteiger partial charge in [-0.05, 0) is 12.0 Å². The van der Waals surface area contributed by atoms with Crippen molar-refractivity contribution in [1.82, 2.24) is 0 Å². The van der Waals surface area contributed by atoms with Crippen molar-refractivity contribution in [3.63, 3.8) is 0 Å². The number of hydrogen-bond donors (Lipinski definition) is 1. The molecule has 0 aliphatic heterocycles. The fourth-order valence-electron chi connectivity index (χ4n) is 1.54. The van der Waals surface area contributed by atoms with Crippen molar-refractivity contribution in [3.05, 3.63) is 35.9 Å². The van der Waals surface area contributed by atoms with Crippen LogP contribution < -0.4 is 0 Å². The lowest BCUT2D eigenvalue weighted by molar-refractivity contribution is -0.146. The van der Waals surface area contributed by atoms with E-state index in [2.05, 4.69) is 4.18 Å². The fourth-order valence-corrected chi connectivity index (χ4v) is 1.81. The van der Waals surface area contributed by atoms with Gasteiger partial charge in [0.15, 0.2) is 0 Å². The number of thiol groups is 1. The zero-order chi connectivity index (χ0) is 14.1. The second-order valence-electron chi connectivity index (χ2n) is 4.00. The van der Waals surface area contributed by atoms with Gasteiger partial charge in [0.05, 0.1) is 13.2 Å². The molecule has 0 aliphatic carbocycles. The third-order valence-corrected chi connectivity index (χ3v) is 2.94. The van der Waals surface area contributed by atoms with Gasteiger partial charge >= 0.3 is 5.97 Å². The average Bonchev–Trinajstić information content (AvgIpc) is 2.40. The smallest absolute Gasteiger partial charge is 0.315 e. The van der Waals surface area contributed by atoms with Crippen LogP contribution in [-0.2, 0) is 24.7 Å². The Morgan fingerprint density at radius 1 is 1.26 bits per heavy atom. The first-order valence-electron chi connectivity index (χ1n) is 6.14. The number of carbonyl (C=O) groups is 1. The van der Waals surface area contributed by atoms with E-state index in [1.54, 1.807) is 24.3 Å².